The molecule has 3 aromatic rings. The molecule has 0 radical (unpaired) electrons. The number of benzene rings is 3. The van der Waals surface area contributed by atoms with Crippen LogP contribution in [0.4, 0.5) is 4.79 Å². The molecule has 2 atom stereocenters. The highest BCUT2D eigenvalue weighted by Crippen LogP contribution is 2.30. The molecule has 3 aliphatic heterocycles. The third-order valence-electron chi connectivity index (χ3n) is 7.21. The summed E-state index contributed by atoms with van der Waals surface area (Å²) in [6.45, 7) is 4.97. The van der Waals surface area contributed by atoms with Crippen LogP contribution in [0.15, 0.2) is 78.9 Å². The van der Waals surface area contributed by atoms with Crippen LogP contribution in [0.1, 0.15) is 52.9 Å². The second-order valence-corrected chi connectivity index (χ2v) is 9.68. The lowest BCUT2D eigenvalue weighted by Crippen LogP contribution is -2.52. The Balaban J connectivity index is 1.29. The van der Waals surface area contributed by atoms with Crippen LogP contribution >= 0.6 is 0 Å². The number of ketones is 1. The van der Waals surface area contributed by atoms with E-state index in [0.29, 0.717) is 23.8 Å². The van der Waals surface area contributed by atoms with Crippen LogP contribution in [0.5, 0.6) is 5.75 Å². The third-order valence-corrected chi connectivity index (χ3v) is 7.21. The third kappa shape index (κ3) is 5.77. The van der Waals surface area contributed by atoms with Gasteiger partial charge in [0, 0.05) is 12.1 Å². The van der Waals surface area contributed by atoms with Crippen molar-refractivity contribution >= 4 is 11.9 Å². The summed E-state index contributed by atoms with van der Waals surface area (Å²) in [7, 11) is 0. The van der Waals surface area contributed by atoms with Crippen molar-refractivity contribution in [3.8, 4) is 5.75 Å². The Morgan fingerprint density at radius 1 is 0.944 bits per heavy atom. The van der Waals surface area contributed by atoms with Gasteiger partial charge in [0.1, 0.15) is 18.5 Å². The van der Waals surface area contributed by atoms with Gasteiger partial charge in [-0.3, -0.25) is 9.69 Å². The summed E-state index contributed by atoms with van der Waals surface area (Å²) in [5.74, 6) is 1.20. The minimum atomic E-state index is -0.389. The SMILES string of the molecule is CC(=O)c1ccc(COc2cccc(C(NC(=O)O[C@H]3CN4CCC3CC4)c3ccccc3)c2)cc1. The number of piperidine rings is 3. The summed E-state index contributed by atoms with van der Waals surface area (Å²) in [6.07, 6.45) is 1.75. The number of rotatable bonds is 8. The first-order valence-corrected chi connectivity index (χ1v) is 12.6. The van der Waals surface area contributed by atoms with Gasteiger partial charge in [-0.05, 0) is 67.6 Å². The standard InChI is InChI=1S/C30H32N2O4/c1-21(33)23-12-10-22(11-13-23)20-35-27-9-5-8-26(18-27)29(25-6-3-2-4-7-25)31-30(34)36-28-19-32-16-14-24(28)15-17-32/h2-13,18,24,28-29H,14-17,19-20H2,1H3,(H,31,34)/t28-,29?/m0/s1. The smallest absolute Gasteiger partial charge is 0.408 e. The van der Waals surface area contributed by atoms with E-state index in [9.17, 15) is 9.59 Å². The molecule has 3 aliphatic rings. The average molecular weight is 485 g/mol. The fourth-order valence-electron chi connectivity index (χ4n) is 5.12. The van der Waals surface area contributed by atoms with Crippen molar-refractivity contribution in [2.45, 2.75) is 38.5 Å². The van der Waals surface area contributed by atoms with Crippen molar-refractivity contribution in [2.75, 3.05) is 19.6 Å². The second kappa shape index (κ2) is 11.0. The van der Waals surface area contributed by atoms with Crippen LogP contribution in [0, 0.1) is 5.92 Å². The van der Waals surface area contributed by atoms with E-state index < -0.39 is 0 Å². The van der Waals surface area contributed by atoms with E-state index in [0.717, 1.165) is 49.2 Å². The molecular weight excluding hydrogens is 452 g/mol. The van der Waals surface area contributed by atoms with E-state index in [1.54, 1.807) is 6.92 Å². The number of fused-ring (bicyclic) bond motifs is 3. The van der Waals surface area contributed by atoms with Gasteiger partial charge < -0.3 is 14.8 Å². The van der Waals surface area contributed by atoms with Crippen molar-refractivity contribution in [1.29, 1.82) is 0 Å². The van der Waals surface area contributed by atoms with Gasteiger partial charge in [0.25, 0.3) is 0 Å². The molecule has 1 unspecified atom stereocenters. The Labute approximate surface area is 212 Å². The Bertz CT molecular complexity index is 1190. The molecule has 6 rings (SSSR count). The highest BCUT2D eigenvalue weighted by molar-refractivity contribution is 5.94. The van der Waals surface area contributed by atoms with Crippen molar-refractivity contribution in [3.05, 3.63) is 101 Å². The molecule has 0 aromatic heterocycles. The summed E-state index contributed by atoms with van der Waals surface area (Å²) in [5.41, 5.74) is 3.55. The monoisotopic (exact) mass is 484 g/mol. The molecular formula is C30H32N2O4. The van der Waals surface area contributed by atoms with Crippen molar-refractivity contribution in [1.82, 2.24) is 10.2 Å². The molecule has 3 saturated heterocycles. The maximum Gasteiger partial charge on any atom is 0.408 e. The lowest BCUT2D eigenvalue weighted by molar-refractivity contribution is -0.0336. The quantitative estimate of drug-likeness (QED) is 0.435. The number of carbonyl (C=O) groups is 2. The molecule has 6 heteroatoms. The topological polar surface area (TPSA) is 67.9 Å². The summed E-state index contributed by atoms with van der Waals surface area (Å²) in [4.78, 5) is 26.9. The van der Waals surface area contributed by atoms with Crippen LogP contribution in [-0.2, 0) is 11.3 Å². The molecule has 2 bridgehead atoms. The number of hydrogen-bond acceptors (Lipinski definition) is 5. The number of nitrogens with zero attached hydrogens (tertiary/aromatic N) is 1. The van der Waals surface area contributed by atoms with Gasteiger partial charge in [-0.25, -0.2) is 4.79 Å². The fourth-order valence-corrected chi connectivity index (χ4v) is 5.12. The van der Waals surface area contributed by atoms with Crippen LogP contribution in [0.3, 0.4) is 0 Å². The molecule has 0 saturated carbocycles. The minimum absolute atomic E-state index is 0.0432. The van der Waals surface area contributed by atoms with E-state index in [1.165, 1.54) is 0 Å². The van der Waals surface area contributed by atoms with E-state index in [4.69, 9.17) is 9.47 Å². The molecule has 3 aromatic carbocycles. The minimum Gasteiger partial charge on any atom is -0.489 e. The molecule has 3 fully saturated rings. The number of Topliss-reactive ketones (excluding diaryl/α,β-unsaturated/α-hetero) is 1. The van der Waals surface area contributed by atoms with Crippen LogP contribution < -0.4 is 10.1 Å². The van der Waals surface area contributed by atoms with E-state index in [-0.39, 0.29) is 24.0 Å². The lowest BCUT2D eigenvalue weighted by Gasteiger charge is -2.43. The summed E-state index contributed by atoms with van der Waals surface area (Å²) in [5, 5.41) is 3.11. The number of alkyl carbamates (subject to hydrolysis) is 1. The Morgan fingerprint density at radius 3 is 2.33 bits per heavy atom. The van der Waals surface area contributed by atoms with Gasteiger partial charge >= 0.3 is 6.09 Å². The normalized spacial score (nSPS) is 21.4. The van der Waals surface area contributed by atoms with E-state index in [2.05, 4.69) is 10.2 Å². The van der Waals surface area contributed by atoms with Gasteiger partial charge in [-0.15, -0.1) is 0 Å². The number of hydrogen-bond donors (Lipinski definition) is 1. The first-order valence-electron chi connectivity index (χ1n) is 12.6. The summed E-state index contributed by atoms with van der Waals surface area (Å²) in [6, 6.07) is 24.7. The number of amides is 1. The lowest BCUT2D eigenvalue weighted by atomic mass is 9.86. The molecule has 6 nitrogen and oxygen atoms in total. The Morgan fingerprint density at radius 2 is 1.67 bits per heavy atom. The Kier molecular flexibility index (Phi) is 7.33. The summed E-state index contributed by atoms with van der Waals surface area (Å²) >= 11 is 0. The maximum absolute atomic E-state index is 13.0. The second-order valence-electron chi connectivity index (χ2n) is 9.68. The molecule has 36 heavy (non-hydrogen) atoms. The van der Waals surface area contributed by atoms with Crippen molar-refractivity contribution in [2.24, 2.45) is 5.92 Å². The van der Waals surface area contributed by atoms with Gasteiger partial charge in [0.15, 0.2) is 5.78 Å². The molecule has 3 heterocycles. The van der Waals surface area contributed by atoms with Crippen LogP contribution in [-0.4, -0.2) is 42.5 Å². The molecule has 186 valence electrons. The predicted molar refractivity (Wildman–Crippen MR) is 138 cm³/mol. The highest BCUT2D eigenvalue weighted by atomic mass is 16.6. The number of carbonyl (C=O) groups excluding carboxylic acids is 2. The van der Waals surface area contributed by atoms with E-state index in [1.807, 2.05) is 78.9 Å². The van der Waals surface area contributed by atoms with Crippen molar-refractivity contribution in [3.63, 3.8) is 0 Å². The molecule has 0 spiro atoms. The first-order chi connectivity index (χ1) is 17.5. The highest BCUT2D eigenvalue weighted by Gasteiger charge is 2.36. The van der Waals surface area contributed by atoms with E-state index >= 15 is 0 Å². The number of ether oxygens (including phenoxy) is 2. The fraction of sp³-hybridized carbons (Fsp3) is 0.333. The molecule has 1 amide bonds. The van der Waals surface area contributed by atoms with Gasteiger partial charge in [-0.1, -0.05) is 66.7 Å². The summed E-state index contributed by atoms with van der Waals surface area (Å²) < 4.78 is 12.0. The van der Waals surface area contributed by atoms with Crippen molar-refractivity contribution < 1.29 is 19.1 Å². The molecule has 0 aliphatic carbocycles. The van der Waals surface area contributed by atoms with Gasteiger partial charge in [-0.2, -0.15) is 0 Å². The Hall–Kier alpha value is -3.64. The van der Waals surface area contributed by atoms with Gasteiger partial charge in [0.2, 0.25) is 0 Å². The number of nitrogens with one attached hydrogen (secondary N) is 1. The molecule has 1 N–H and O–H groups in total. The van der Waals surface area contributed by atoms with Gasteiger partial charge in [0.05, 0.1) is 6.04 Å². The maximum atomic E-state index is 13.0. The first kappa shape index (κ1) is 24.1. The zero-order valence-corrected chi connectivity index (χ0v) is 20.6. The predicted octanol–water partition coefficient (Wildman–Crippen LogP) is 5.38. The van der Waals surface area contributed by atoms with Crippen LogP contribution in [0.25, 0.3) is 0 Å². The largest absolute Gasteiger partial charge is 0.489 e. The van der Waals surface area contributed by atoms with Crippen LogP contribution in [0.2, 0.25) is 0 Å². The average Bonchev–Trinajstić information content (AvgIpc) is 2.92. The zero-order chi connectivity index (χ0) is 24.9. The zero-order valence-electron chi connectivity index (χ0n) is 20.6.